The molecule has 0 spiro atoms. The molecule has 1 heterocycles. The van der Waals surface area contributed by atoms with Crippen LogP contribution < -0.4 is 11.1 Å². The third-order valence-corrected chi connectivity index (χ3v) is 2.78. The molecule has 94 valence electrons. The molecule has 0 aliphatic rings. The quantitative estimate of drug-likeness (QED) is 0.808. The molecule has 1 amide bonds. The third-order valence-electron chi connectivity index (χ3n) is 2.78. The fourth-order valence-electron chi connectivity index (χ4n) is 1.64. The third kappa shape index (κ3) is 2.26. The Morgan fingerprint density at radius 2 is 2.22 bits per heavy atom. The number of nitrogens with one attached hydrogen (secondary N) is 1. The van der Waals surface area contributed by atoms with Gasteiger partial charge in [0.05, 0.1) is 16.9 Å². The Labute approximate surface area is 105 Å². The highest BCUT2D eigenvalue weighted by molar-refractivity contribution is 6.05. The predicted octanol–water partition coefficient (Wildman–Crippen LogP) is 1.79. The highest BCUT2D eigenvalue weighted by atomic mass is 16.5. The first-order valence-corrected chi connectivity index (χ1v) is 5.60. The number of methoxy groups -OCH3 is 1. The van der Waals surface area contributed by atoms with Crippen LogP contribution in [0.5, 0.6) is 0 Å². The molecule has 0 aliphatic heterocycles. The molecule has 2 aromatic rings. The average molecular weight is 245 g/mol. The number of nitrogens with two attached hydrogens (primary N) is 1. The van der Waals surface area contributed by atoms with Crippen LogP contribution in [0.1, 0.15) is 6.92 Å². The Morgan fingerprint density at radius 1 is 1.44 bits per heavy atom. The lowest BCUT2D eigenvalue weighted by atomic mass is 10.1. The van der Waals surface area contributed by atoms with Crippen molar-refractivity contribution in [2.45, 2.75) is 13.0 Å². The normalized spacial score (nSPS) is 12.3. The summed E-state index contributed by atoms with van der Waals surface area (Å²) < 4.78 is 4.97. The minimum atomic E-state index is -0.505. The number of nitrogen functional groups attached to an aromatic ring is 1. The lowest BCUT2D eigenvalue weighted by Crippen LogP contribution is -2.26. The monoisotopic (exact) mass is 245 g/mol. The van der Waals surface area contributed by atoms with Gasteiger partial charge in [-0.1, -0.05) is 0 Å². The average Bonchev–Trinajstić information content (AvgIpc) is 2.41. The van der Waals surface area contributed by atoms with Gasteiger partial charge in [0.15, 0.2) is 0 Å². The van der Waals surface area contributed by atoms with Crippen LogP contribution in [0.4, 0.5) is 11.4 Å². The topological polar surface area (TPSA) is 77.2 Å². The fraction of sp³-hybridized carbons (Fsp3) is 0.231. The van der Waals surface area contributed by atoms with Crippen LogP contribution in [0, 0.1) is 0 Å². The summed E-state index contributed by atoms with van der Waals surface area (Å²) in [5, 5.41) is 3.62. The molecule has 5 nitrogen and oxygen atoms in total. The predicted molar refractivity (Wildman–Crippen MR) is 71.3 cm³/mol. The number of anilines is 2. The number of ether oxygens (including phenoxy) is 1. The number of hydrogen-bond donors (Lipinski definition) is 2. The minimum Gasteiger partial charge on any atom is -0.397 e. The molecular formula is C13H15N3O2. The molecule has 0 fully saturated rings. The molecular weight excluding hydrogens is 230 g/mol. The van der Waals surface area contributed by atoms with Crippen molar-refractivity contribution < 1.29 is 9.53 Å². The van der Waals surface area contributed by atoms with Crippen molar-refractivity contribution in [3.8, 4) is 0 Å². The van der Waals surface area contributed by atoms with Crippen molar-refractivity contribution in [2.75, 3.05) is 18.2 Å². The van der Waals surface area contributed by atoms with Crippen LogP contribution in [-0.2, 0) is 9.53 Å². The molecule has 0 aliphatic carbocycles. The van der Waals surface area contributed by atoms with Gasteiger partial charge in [-0.15, -0.1) is 0 Å². The molecule has 18 heavy (non-hydrogen) atoms. The molecule has 3 N–H and O–H groups in total. The van der Waals surface area contributed by atoms with E-state index in [9.17, 15) is 4.79 Å². The van der Waals surface area contributed by atoms with E-state index < -0.39 is 6.10 Å². The van der Waals surface area contributed by atoms with E-state index in [1.807, 2.05) is 6.07 Å². The van der Waals surface area contributed by atoms with Crippen LogP contribution in [-0.4, -0.2) is 24.1 Å². The molecule has 1 atom stereocenters. The first kappa shape index (κ1) is 12.3. The summed E-state index contributed by atoms with van der Waals surface area (Å²) in [6, 6.07) is 7.16. The number of carbonyl (C=O) groups is 1. The first-order chi connectivity index (χ1) is 8.63. The largest absolute Gasteiger partial charge is 0.397 e. The fourth-order valence-corrected chi connectivity index (χ4v) is 1.64. The van der Waals surface area contributed by atoms with Gasteiger partial charge in [0, 0.05) is 18.7 Å². The van der Waals surface area contributed by atoms with Crippen molar-refractivity contribution in [1.82, 2.24) is 4.98 Å². The van der Waals surface area contributed by atoms with Gasteiger partial charge in [-0.2, -0.15) is 0 Å². The second kappa shape index (κ2) is 5.01. The maximum absolute atomic E-state index is 11.8. The molecule has 1 unspecified atom stereocenters. The van der Waals surface area contributed by atoms with E-state index in [0.29, 0.717) is 16.9 Å². The highest BCUT2D eigenvalue weighted by Gasteiger charge is 2.13. The Morgan fingerprint density at radius 3 is 2.94 bits per heavy atom. The maximum atomic E-state index is 11.8. The van der Waals surface area contributed by atoms with Gasteiger partial charge < -0.3 is 15.8 Å². The number of carbonyl (C=O) groups excluding carboxylic acids is 1. The van der Waals surface area contributed by atoms with E-state index in [1.54, 1.807) is 31.3 Å². The number of benzene rings is 1. The van der Waals surface area contributed by atoms with Crippen LogP contribution in [0.3, 0.4) is 0 Å². The minimum absolute atomic E-state index is 0.201. The van der Waals surface area contributed by atoms with E-state index >= 15 is 0 Å². The van der Waals surface area contributed by atoms with Gasteiger partial charge >= 0.3 is 0 Å². The van der Waals surface area contributed by atoms with Crippen molar-refractivity contribution >= 4 is 28.2 Å². The Hall–Kier alpha value is -2.14. The molecule has 2 rings (SSSR count). The van der Waals surface area contributed by atoms with Gasteiger partial charge in [-0.3, -0.25) is 9.78 Å². The molecule has 0 radical (unpaired) electrons. The zero-order valence-corrected chi connectivity index (χ0v) is 10.3. The van der Waals surface area contributed by atoms with Crippen molar-refractivity contribution in [1.29, 1.82) is 0 Å². The number of pyridine rings is 1. The number of hydrogen-bond acceptors (Lipinski definition) is 4. The molecule has 1 aromatic heterocycles. The van der Waals surface area contributed by atoms with Crippen molar-refractivity contribution in [3.05, 3.63) is 30.5 Å². The number of fused-ring (bicyclic) bond motifs is 1. The second-order valence-electron chi connectivity index (χ2n) is 3.97. The van der Waals surface area contributed by atoms with Gasteiger partial charge in [0.25, 0.3) is 5.91 Å². The smallest absolute Gasteiger partial charge is 0.253 e. The van der Waals surface area contributed by atoms with E-state index in [2.05, 4.69) is 10.3 Å². The van der Waals surface area contributed by atoms with E-state index in [4.69, 9.17) is 10.5 Å². The summed E-state index contributed by atoms with van der Waals surface area (Å²) in [4.78, 5) is 16.0. The standard InChI is InChI=1S/C13H15N3O2/c1-8(18-2)13(17)16-11-6-5-10(14)12-9(11)4-3-7-15-12/h3-8H,14H2,1-2H3,(H,16,17). The van der Waals surface area contributed by atoms with E-state index in [-0.39, 0.29) is 5.91 Å². The van der Waals surface area contributed by atoms with Gasteiger partial charge in [0.1, 0.15) is 6.10 Å². The summed E-state index contributed by atoms with van der Waals surface area (Å²) in [7, 11) is 1.49. The summed E-state index contributed by atoms with van der Waals surface area (Å²) in [6.45, 7) is 1.69. The maximum Gasteiger partial charge on any atom is 0.253 e. The zero-order valence-electron chi connectivity index (χ0n) is 10.3. The van der Waals surface area contributed by atoms with Crippen LogP contribution >= 0.6 is 0 Å². The number of aromatic nitrogens is 1. The summed E-state index contributed by atoms with van der Waals surface area (Å²) in [5.74, 6) is -0.201. The Balaban J connectivity index is 2.40. The van der Waals surface area contributed by atoms with Gasteiger partial charge in [0.2, 0.25) is 0 Å². The summed E-state index contributed by atoms with van der Waals surface area (Å²) in [5.41, 5.74) is 7.79. The Kier molecular flexibility index (Phi) is 3.43. The van der Waals surface area contributed by atoms with Gasteiger partial charge in [-0.25, -0.2) is 0 Å². The van der Waals surface area contributed by atoms with E-state index in [1.165, 1.54) is 7.11 Å². The van der Waals surface area contributed by atoms with Crippen molar-refractivity contribution in [3.63, 3.8) is 0 Å². The Bertz CT molecular complexity index is 583. The van der Waals surface area contributed by atoms with Gasteiger partial charge in [-0.05, 0) is 31.2 Å². The summed E-state index contributed by atoms with van der Waals surface area (Å²) >= 11 is 0. The van der Waals surface area contributed by atoms with Crippen molar-refractivity contribution in [2.24, 2.45) is 0 Å². The lowest BCUT2D eigenvalue weighted by Gasteiger charge is -2.12. The molecule has 0 saturated carbocycles. The van der Waals surface area contributed by atoms with Crippen LogP contribution in [0.25, 0.3) is 10.9 Å². The number of amides is 1. The van der Waals surface area contributed by atoms with E-state index in [0.717, 1.165) is 5.39 Å². The number of nitrogens with zero attached hydrogens (tertiary/aromatic N) is 1. The molecule has 0 bridgehead atoms. The second-order valence-corrected chi connectivity index (χ2v) is 3.97. The van der Waals surface area contributed by atoms with Crippen LogP contribution in [0.2, 0.25) is 0 Å². The number of rotatable bonds is 3. The zero-order chi connectivity index (χ0) is 13.1. The molecule has 0 saturated heterocycles. The molecule has 1 aromatic carbocycles. The summed E-state index contributed by atoms with van der Waals surface area (Å²) in [6.07, 6.45) is 1.16. The SMILES string of the molecule is COC(C)C(=O)Nc1ccc(N)c2ncccc12. The first-order valence-electron chi connectivity index (χ1n) is 5.60. The lowest BCUT2D eigenvalue weighted by molar-refractivity contribution is -0.124. The highest BCUT2D eigenvalue weighted by Crippen LogP contribution is 2.26. The van der Waals surface area contributed by atoms with Crippen LogP contribution in [0.15, 0.2) is 30.5 Å². The molecule has 5 heteroatoms.